The number of aromatic nitrogens is 2. The van der Waals surface area contributed by atoms with Gasteiger partial charge in [0.1, 0.15) is 0 Å². The fourth-order valence-electron chi connectivity index (χ4n) is 2.59. The van der Waals surface area contributed by atoms with Crippen molar-refractivity contribution in [2.75, 3.05) is 0 Å². The van der Waals surface area contributed by atoms with Crippen molar-refractivity contribution in [3.63, 3.8) is 0 Å². The van der Waals surface area contributed by atoms with Crippen LogP contribution in [0.1, 0.15) is 23.7 Å². The van der Waals surface area contributed by atoms with E-state index in [4.69, 9.17) is 0 Å². The monoisotopic (exact) mass is 277 g/mol. The van der Waals surface area contributed by atoms with Crippen LogP contribution in [-0.4, -0.2) is 9.97 Å². The summed E-state index contributed by atoms with van der Waals surface area (Å²) in [5.74, 6) is 0. The second-order valence-electron chi connectivity index (χ2n) is 5.09. The van der Waals surface area contributed by atoms with E-state index in [9.17, 15) is 0 Å². The minimum Gasteiger partial charge on any atom is -0.307 e. The first-order chi connectivity index (χ1) is 10.4. The molecule has 0 aliphatic heterocycles. The van der Waals surface area contributed by atoms with E-state index in [1.807, 2.05) is 30.7 Å². The van der Waals surface area contributed by atoms with E-state index < -0.39 is 0 Å². The molecule has 1 aromatic carbocycles. The van der Waals surface area contributed by atoms with E-state index in [1.165, 1.54) is 21.9 Å². The summed E-state index contributed by atoms with van der Waals surface area (Å²) in [6.45, 7) is 3.75. The molecule has 3 aromatic rings. The lowest BCUT2D eigenvalue weighted by Gasteiger charge is -2.09. The zero-order valence-corrected chi connectivity index (χ0v) is 12.2. The molecule has 106 valence electrons. The molecule has 0 atom stereocenters. The summed E-state index contributed by atoms with van der Waals surface area (Å²) in [6, 6.07) is 12.5. The van der Waals surface area contributed by atoms with Crippen LogP contribution in [0, 0.1) is 0 Å². The number of benzene rings is 1. The van der Waals surface area contributed by atoms with Crippen LogP contribution in [-0.2, 0) is 19.5 Å². The van der Waals surface area contributed by atoms with Crippen molar-refractivity contribution in [3.8, 4) is 0 Å². The normalized spacial score (nSPS) is 10.9. The Morgan fingerprint density at radius 1 is 0.952 bits per heavy atom. The Hall–Kier alpha value is -2.26. The van der Waals surface area contributed by atoms with Gasteiger partial charge in [-0.25, -0.2) is 0 Å². The molecule has 0 saturated heterocycles. The molecule has 1 N–H and O–H groups in total. The molecule has 2 heterocycles. The number of nitrogens with one attached hydrogen (secondary N) is 1. The molecule has 3 nitrogen and oxygen atoms in total. The molecule has 0 saturated carbocycles. The number of hydrogen-bond donors (Lipinski definition) is 1. The molecule has 0 unspecified atom stereocenters. The second-order valence-corrected chi connectivity index (χ2v) is 5.09. The lowest BCUT2D eigenvalue weighted by atomic mass is 10.1. The molecule has 21 heavy (non-hydrogen) atoms. The molecule has 0 bridgehead atoms. The van der Waals surface area contributed by atoms with Gasteiger partial charge in [-0.15, -0.1) is 0 Å². The molecule has 0 spiro atoms. The topological polar surface area (TPSA) is 37.8 Å². The van der Waals surface area contributed by atoms with Gasteiger partial charge in [0, 0.05) is 37.1 Å². The van der Waals surface area contributed by atoms with Crippen LogP contribution >= 0.6 is 0 Å². The molecule has 2 aromatic heterocycles. The minimum atomic E-state index is 0.785. The fraction of sp³-hybridized carbons (Fsp3) is 0.222. The van der Waals surface area contributed by atoms with E-state index in [2.05, 4.69) is 46.5 Å². The first-order valence-electron chi connectivity index (χ1n) is 7.33. The van der Waals surface area contributed by atoms with Crippen LogP contribution in [0.2, 0.25) is 0 Å². The summed E-state index contributed by atoms with van der Waals surface area (Å²) >= 11 is 0. The smallest absolute Gasteiger partial charge is 0.0573 e. The van der Waals surface area contributed by atoms with Crippen LogP contribution in [0.25, 0.3) is 10.8 Å². The van der Waals surface area contributed by atoms with Crippen molar-refractivity contribution in [1.29, 1.82) is 0 Å². The van der Waals surface area contributed by atoms with Gasteiger partial charge in [0.25, 0.3) is 0 Å². The summed E-state index contributed by atoms with van der Waals surface area (Å²) in [7, 11) is 0. The highest BCUT2D eigenvalue weighted by Gasteiger charge is 2.03. The van der Waals surface area contributed by atoms with Gasteiger partial charge in [0.05, 0.1) is 5.69 Å². The van der Waals surface area contributed by atoms with Gasteiger partial charge >= 0.3 is 0 Å². The molecule has 0 radical (unpaired) electrons. The molecule has 3 rings (SSSR count). The van der Waals surface area contributed by atoms with Crippen molar-refractivity contribution >= 4 is 10.8 Å². The maximum Gasteiger partial charge on any atom is 0.0573 e. The van der Waals surface area contributed by atoms with Crippen LogP contribution in [0.4, 0.5) is 0 Å². The van der Waals surface area contributed by atoms with Crippen molar-refractivity contribution in [2.45, 2.75) is 26.4 Å². The maximum atomic E-state index is 4.46. The lowest BCUT2D eigenvalue weighted by Crippen LogP contribution is -2.15. The summed E-state index contributed by atoms with van der Waals surface area (Å²) in [6.07, 6.45) is 6.72. The third-order valence-electron chi connectivity index (χ3n) is 3.72. The largest absolute Gasteiger partial charge is 0.307 e. The van der Waals surface area contributed by atoms with Crippen LogP contribution in [0.15, 0.2) is 55.0 Å². The first kappa shape index (κ1) is 13.7. The average molecular weight is 277 g/mol. The van der Waals surface area contributed by atoms with Gasteiger partial charge < -0.3 is 5.32 Å². The van der Waals surface area contributed by atoms with Crippen molar-refractivity contribution in [3.05, 3.63) is 71.8 Å². The number of rotatable bonds is 5. The average Bonchev–Trinajstić information content (AvgIpc) is 2.55. The minimum absolute atomic E-state index is 0.785. The SMILES string of the molecule is CCc1cccnc1CNCc1cncc2ccccc12. The van der Waals surface area contributed by atoms with Crippen LogP contribution in [0.3, 0.4) is 0 Å². The highest BCUT2D eigenvalue weighted by molar-refractivity contribution is 5.84. The summed E-state index contributed by atoms with van der Waals surface area (Å²) in [4.78, 5) is 8.78. The number of hydrogen-bond acceptors (Lipinski definition) is 3. The van der Waals surface area contributed by atoms with E-state index in [-0.39, 0.29) is 0 Å². The van der Waals surface area contributed by atoms with Crippen molar-refractivity contribution in [2.24, 2.45) is 0 Å². The number of pyridine rings is 2. The van der Waals surface area contributed by atoms with Gasteiger partial charge in [-0.2, -0.15) is 0 Å². The highest BCUT2D eigenvalue weighted by Crippen LogP contribution is 2.17. The molecule has 0 aliphatic rings. The van der Waals surface area contributed by atoms with Crippen molar-refractivity contribution < 1.29 is 0 Å². The summed E-state index contributed by atoms with van der Waals surface area (Å²) in [5, 5.41) is 5.93. The summed E-state index contributed by atoms with van der Waals surface area (Å²) in [5.41, 5.74) is 3.66. The Balaban J connectivity index is 1.72. The Kier molecular flexibility index (Phi) is 4.22. The summed E-state index contributed by atoms with van der Waals surface area (Å²) < 4.78 is 0. The maximum absolute atomic E-state index is 4.46. The number of fused-ring (bicyclic) bond motifs is 1. The lowest BCUT2D eigenvalue weighted by molar-refractivity contribution is 0.675. The molecule has 3 heteroatoms. The van der Waals surface area contributed by atoms with E-state index in [0.29, 0.717) is 0 Å². The Morgan fingerprint density at radius 3 is 2.76 bits per heavy atom. The quantitative estimate of drug-likeness (QED) is 0.776. The predicted molar refractivity (Wildman–Crippen MR) is 85.9 cm³/mol. The third-order valence-corrected chi connectivity index (χ3v) is 3.72. The standard InChI is InChI=1S/C18H19N3/c1-2-14-7-5-9-21-18(14)13-20-12-16-11-19-10-15-6-3-4-8-17(15)16/h3-11,20H,2,12-13H2,1H3. The molecule has 0 aliphatic carbocycles. The molecular formula is C18H19N3. The Labute approximate surface area is 125 Å². The van der Waals surface area contributed by atoms with Gasteiger partial charge in [-0.05, 0) is 29.0 Å². The second kappa shape index (κ2) is 6.46. The van der Waals surface area contributed by atoms with Gasteiger partial charge in [0.15, 0.2) is 0 Å². The van der Waals surface area contributed by atoms with Crippen molar-refractivity contribution in [1.82, 2.24) is 15.3 Å². The number of aryl methyl sites for hydroxylation is 1. The fourth-order valence-corrected chi connectivity index (χ4v) is 2.59. The Morgan fingerprint density at radius 2 is 1.86 bits per heavy atom. The Bertz CT molecular complexity index is 732. The zero-order chi connectivity index (χ0) is 14.5. The molecule has 0 amide bonds. The molecule has 0 fully saturated rings. The predicted octanol–water partition coefficient (Wildman–Crippen LogP) is 3.48. The first-order valence-corrected chi connectivity index (χ1v) is 7.33. The van der Waals surface area contributed by atoms with Crippen LogP contribution < -0.4 is 5.32 Å². The van der Waals surface area contributed by atoms with E-state index >= 15 is 0 Å². The van der Waals surface area contributed by atoms with Gasteiger partial charge in [-0.3, -0.25) is 9.97 Å². The number of nitrogens with zero attached hydrogens (tertiary/aromatic N) is 2. The van der Waals surface area contributed by atoms with Gasteiger partial charge in [-0.1, -0.05) is 37.3 Å². The van der Waals surface area contributed by atoms with Crippen LogP contribution in [0.5, 0.6) is 0 Å². The molecular weight excluding hydrogens is 258 g/mol. The highest BCUT2D eigenvalue weighted by atomic mass is 14.9. The van der Waals surface area contributed by atoms with E-state index in [1.54, 1.807) is 0 Å². The van der Waals surface area contributed by atoms with Gasteiger partial charge in [0.2, 0.25) is 0 Å². The zero-order valence-electron chi connectivity index (χ0n) is 12.2. The van der Waals surface area contributed by atoms with E-state index in [0.717, 1.165) is 25.2 Å². The third kappa shape index (κ3) is 3.09.